The molecule has 3 atom stereocenters. The van der Waals surface area contributed by atoms with Crippen LogP contribution in [0.1, 0.15) is 43.5 Å². The van der Waals surface area contributed by atoms with Crippen molar-refractivity contribution in [1.29, 1.82) is 0 Å². The van der Waals surface area contributed by atoms with E-state index >= 15 is 0 Å². The van der Waals surface area contributed by atoms with Crippen molar-refractivity contribution in [1.82, 2.24) is 0 Å². The van der Waals surface area contributed by atoms with Crippen molar-refractivity contribution in [3.63, 3.8) is 0 Å². The number of nitrogens with one attached hydrogen (secondary N) is 1. The first kappa shape index (κ1) is 14.8. The zero-order valence-electron chi connectivity index (χ0n) is 11.6. The molecule has 3 nitrogen and oxygen atoms in total. The smallest absolute Gasteiger partial charge is 0.338 e. The fraction of sp³-hybridized carbons (Fsp3) is 0.533. The molecule has 20 heavy (non-hydrogen) atoms. The summed E-state index contributed by atoms with van der Waals surface area (Å²) in [5.41, 5.74) is -0.597. The van der Waals surface area contributed by atoms with Gasteiger partial charge in [-0.1, -0.05) is 20.3 Å². The largest absolute Gasteiger partial charge is 0.478 e. The number of halogens is 2. The standard InChI is InChI=1S/C15H19F2NO2/c1-3-9-4-6-11(8(9)2)18-12-7-5-10(15(19)20)13(16)14(12)17/h5,7-9,11,18H,3-4,6H2,1-2H3,(H,19,20). The quantitative estimate of drug-likeness (QED) is 0.881. The molecule has 3 unspecified atom stereocenters. The summed E-state index contributed by atoms with van der Waals surface area (Å²) in [5, 5.41) is 11.8. The third-order valence-corrected chi connectivity index (χ3v) is 4.40. The van der Waals surface area contributed by atoms with Crippen LogP contribution < -0.4 is 5.32 Å². The summed E-state index contributed by atoms with van der Waals surface area (Å²) < 4.78 is 27.5. The van der Waals surface area contributed by atoms with E-state index in [9.17, 15) is 13.6 Å². The summed E-state index contributed by atoms with van der Waals surface area (Å²) in [6.07, 6.45) is 3.07. The second-order valence-corrected chi connectivity index (χ2v) is 5.45. The maximum absolute atomic E-state index is 13.9. The molecule has 0 spiro atoms. The molecular formula is C15H19F2NO2. The fourth-order valence-electron chi connectivity index (χ4n) is 3.05. The number of benzene rings is 1. The Bertz CT molecular complexity index is 519. The predicted octanol–water partition coefficient (Wildman–Crippen LogP) is 3.90. The maximum Gasteiger partial charge on any atom is 0.338 e. The Balaban J connectivity index is 2.19. The fourth-order valence-corrected chi connectivity index (χ4v) is 3.05. The maximum atomic E-state index is 13.9. The van der Waals surface area contributed by atoms with Crippen molar-refractivity contribution in [2.75, 3.05) is 5.32 Å². The third kappa shape index (κ3) is 2.62. The molecule has 1 aromatic rings. The lowest BCUT2D eigenvalue weighted by molar-refractivity contribution is 0.0690. The molecule has 1 saturated carbocycles. The number of hydrogen-bond acceptors (Lipinski definition) is 2. The summed E-state index contributed by atoms with van der Waals surface area (Å²) >= 11 is 0. The van der Waals surface area contributed by atoms with E-state index < -0.39 is 23.2 Å². The highest BCUT2D eigenvalue weighted by molar-refractivity contribution is 5.88. The molecule has 1 aliphatic carbocycles. The van der Waals surface area contributed by atoms with E-state index in [1.807, 2.05) is 0 Å². The Morgan fingerprint density at radius 3 is 2.60 bits per heavy atom. The number of aromatic carboxylic acids is 1. The second-order valence-electron chi connectivity index (χ2n) is 5.45. The molecule has 1 aromatic carbocycles. The number of carboxylic acids is 1. The van der Waals surface area contributed by atoms with Crippen molar-refractivity contribution < 1.29 is 18.7 Å². The first-order valence-corrected chi connectivity index (χ1v) is 6.93. The van der Waals surface area contributed by atoms with E-state index in [2.05, 4.69) is 19.2 Å². The van der Waals surface area contributed by atoms with Crippen LogP contribution >= 0.6 is 0 Å². The second kappa shape index (κ2) is 5.77. The molecule has 0 radical (unpaired) electrons. The van der Waals surface area contributed by atoms with Gasteiger partial charge in [-0.05, 0) is 36.8 Å². The Hall–Kier alpha value is -1.65. The molecule has 110 valence electrons. The van der Waals surface area contributed by atoms with Crippen LogP contribution in [0.25, 0.3) is 0 Å². The minimum Gasteiger partial charge on any atom is -0.478 e. The normalized spacial score (nSPS) is 25.7. The van der Waals surface area contributed by atoms with Crippen LogP contribution in [0.3, 0.4) is 0 Å². The van der Waals surface area contributed by atoms with Gasteiger partial charge in [-0.3, -0.25) is 0 Å². The minimum atomic E-state index is -1.46. The van der Waals surface area contributed by atoms with E-state index in [-0.39, 0.29) is 11.7 Å². The molecule has 1 fully saturated rings. The van der Waals surface area contributed by atoms with Crippen LogP contribution in [0, 0.1) is 23.5 Å². The topological polar surface area (TPSA) is 49.3 Å². The Morgan fingerprint density at radius 2 is 2.05 bits per heavy atom. The number of rotatable bonds is 4. The van der Waals surface area contributed by atoms with E-state index in [0.29, 0.717) is 11.8 Å². The van der Waals surface area contributed by atoms with Crippen LogP contribution in [0.5, 0.6) is 0 Å². The highest BCUT2D eigenvalue weighted by atomic mass is 19.2. The van der Waals surface area contributed by atoms with E-state index in [1.165, 1.54) is 6.07 Å². The summed E-state index contributed by atoms with van der Waals surface area (Å²) in [6, 6.07) is 2.50. The van der Waals surface area contributed by atoms with Gasteiger partial charge < -0.3 is 10.4 Å². The number of anilines is 1. The van der Waals surface area contributed by atoms with Crippen molar-refractivity contribution in [2.45, 2.75) is 39.2 Å². The van der Waals surface area contributed by atoms with Crippen LogP contribution in [0.4, 0.5) is 14.5 Å². The summed E-state index contributed by atoms with van der Waals surface area (Å²) in [7, 11) is 0. The molecule has 0 saturated heterocycles. The van der Waals surface area contributed by atoms with Gasteiger partial charge in [0.15, 0.2) is 11.6 Å². The molecule has 5 heteroatoms. The molecule has 0 bridgehead atoms. The lowest BCUT2D eigenvalue weighted by Crippen LogP contribution is -2.25. The van der Waals surface area contributed by atoms with Crippen LogP contribution in [0.15, 0.2) is 12.1 Å². The van der Waals surface area contributed by atoms with E-state index in [0.717, 1.165) is 25.3 Å². The zero-order chi connectivity index (χ0) is 14.9. The third-order valence-electron chi connectivity index (χ3n) is 4.40. The highest BCUT2D eigenvalue weighted by Gasteiger charge is 2.32. The molecule has 0 aromatic heterocycles. The van der Waals surface area contributed by atoms with E-state index in [1.54, 1.807) is 0 Å². The van der Waals surface area contributed by atoms with Crippen LogP contribution in [-0.2, 0) is 0 Å². The van der Waals surface area contributed by atoms with Crippen molar-refractivity contribution >= 4 is 11.7 Å². The molecule has 2 N–H and O–H groups in total. The SMILES string of the molecule is CCC1CCC(Nc2ccc(C(=O)O)c(F)c2F)C1C. The molecule has 0 heterocycles. The van der Waals surface area contributed by atoms with Gasteiger partial charge in [-0.15, -0.1) is 0 Å². The average Bonchev–Trinajstić information content (AvgIpc) is 2.75. The average molecular weight is 283 g/mol. The van der Waals surface area contributed by atoms with Gasteiger partial charge in [0.2, 0.25) is 0 Å². The number of carboxylic acid groups (broad SMARTS) is 1. The Kier molecular flexibility index (Phi) is 4.26. The minimum absolute atomic E-state index is 0.0427. The molecule has 1 aliphatic rings. The van der Waals surface area contributed by atoms with Crippen LogP contribution in [-0.4, -0.2) is 17.1 Å². The molecule has 0 amide bonds. The lowest BCUT2D eigenvalue weighted by atomic mass is 9.93. The number of hydrogen-bond donors (Lipinski definition) is 2. The lowest BCUT2D eigenvalue weighted by Gasteiger charge is -2.22. The summed E-state index contributed by atoms with van der Waals surface area (Å²) in [6.45, 7) is 4.24. The van der Waals surface area contributed by atoms with E-state index in [4.69, 9.17) is 5.11 Å². The summed E-state index contributed by atoms with van der Waals surface area (Å²) in [4.78, 5) is 10.7. The van der Waals surface area contributed by atoms with Crippen molar-refractivity contribution in [3.8, 4) is 0 Å². The van der Waals surface area contributed by atoms with Gasteiger partial charge in [-0.25, -0.2) is 13.6 Å². The van der Waals surface area contributed by atoms with Crippen molar-refractivity contribution in [3.05, 3.63) is 29.3 Å². The Labute approximate surface area is 117 Å². The summed E-state index contributed by atoms with van der Waals surface area (Å²) in [5.74, 6) is -2.90. The van der Waals surface area contributed by atoms with Gasteiger partial charge in [0, 0.05) is 6.04 Å². The monoisotopic (exact) mass is 283 g/mol. The van der Waals surface area contributed by atoms with Crippen LogP contribution in [0.2, 0.25) is 0 Å². The van der Waals surface area contributed by atoms with Crippen molar-refractivity contribution in [2.24, 2.45) is 11.8 Å². The van der Waals surface area contributed by atoms with Gasteiger partial charge in [0.25, 0.3) is 0 Å². The first-order valence-electron chi connectivity index (χ1n) is 6.93. The molecule has 0 aliphatic heterocycles. The molecule has 2 rings (SSSR count). The first-order chi connectivity index (χ1) is 9.45. The van der Waals surface area contributed by atoms with Gasteiger partial charge in [0.1, 0.15) is 0 Å². The van der Waals surface area contributed by atoms with Gasteiger partial charge >= 0.3 is 5.97 Å². The van der Waals surface area contributed by atoms with Gasteiger partial charge in [-0.2, -0.15) is 0 Å². The highest BCUT2D eigenvalue weighted by Crippen LogP contribution is 2.36. The Morgan fingerprint density at radius 1 is 1.35 bits per heavy atom. The van der Waals surface area contributed by atoms with Gasteiger partial charge in [0.05, 0.1) is 11.3 Å². The number of carbonyl (C=O) groups is 1. The predicted molar refractivity (Wildman–Crippen MR) is 72.9 cm³/mol. The zero-order valence-corrected chi connectivity index (χ0v) is 11.6. The molecular weight excluding hydrogens is 264 g/mol.